The van der Waals surface area contributed by atoms with Gasteiger partial charge in [0.2, 0.25) is 0 Å². The molecule has 0 aromatic heterocycles. The van der Waals surface area contributed by atoms with Crippen LogP contribution in [0.1, 0.15) is 12.0 Å². The molecule has 1 saturated heterocycles. The number of halogens is 2. The fourth-order valence-corrected chi connectivity index (χ4v) is 2.03. The van der Waals surface area contributed by atoms with Crippen molar-refractivity contribution in [3.8, 4) is 5.75 Å². The number of benzene rings is 1. The van der Waals surface area contributed by atoms with E-state index < -0.39 is 12.2 Å². The molecule has 106 valence electrons. The Kier molecular flexibility index (Phi) is 4.68. The molecule has 0 bridgehead atoms. The molecule has 6 heteroatoms. The maximum absolute atomic E-state index is 12.2. The SMILES string of the molecule is OC1(CNCc2ccccc2OC(F)F)CCOC1. The van der Waals surface area contributed by atoms with Gasteiger partial charge in [0.25, 0.3) is 0 Å². The van der Waals surface area contributed by atoms with Crippen LogP contribution >= 0.6 is 0 Å². The molecule has 0 spiro atoms. The standard InChI is InChI=1S/C13H17F2NO3/c14-12(15)19-11-4-2-1-3-10(11)7-16-8-13(17)5-6-18-9-13/h1-4,12,16-17H,5-9H2. The maximum atomic E-state index is 12.2. The van der Waals surface area contributed by atoms with Crippen LogP contribution in [0.4, 0.5) is 8.78 Å². The van der Waals surface area contributed by atoms with Gasteiger partial charge >= 0.3 is 6.61 Å². The van der Waals surface area contributed by atoms with E-state index in [-0.39, 0.29) is 5.75 Å². The van der Waals surface area contributed by atoms with Gasteiger partial charge in [-0.1, -0.05) is 18.2 Å². The summed E-state index contributed by atoms with van der Waals surface area (Å²) < 4.78 is 34.0. The van der Waals surface area contributed by atoms with E-state index in [9.17, 15) is 13.9 Å². The summed E-state index contributed by atoms with van der Waals surface area (Å²) in [6.45, 7) is -1.28. The monoisotopic (exact) mass is 273 g/mol. The number of hydrogen-bond acceptors (Lipinski definition) is 4. The van der Waals surface area contributed by atoms with Crippen LogP contribution in [0.3, 0.4) is 0 Å². The fourth-order valence-electron chi connectivity index (χ4n) is 2.03. The highest BCUT2D eigenvalue weighted by Gasteiger charge is 2.31. The lowest BCUT2D eigenvalue weighted by Gasteiger charge is -2.21. The van der Waals surface area contributed by atoms with E-state index in [4.69, 9.17) is 4.74 Å². The molecule has 0 radical (unpaired) electrons. The first kappa shape index (κ1) is 14.2. The topological polar surface area (TPSA) is 50.7 Å². The van der Waals surface area contributed by atoms with E-state index in [0.717, 1.165) is 0 Å². The Morgan fingerprint density at radius 3 is 2.89 bits per heavy atom. The van der Waals surface area contributed by atoms with Gasteiger partial charge in [-0.3, -0.25) is 0 Å². The van der Waals surface area contributed by atoms with Crippen LogP contribution in [-0.4, -0.2) is 37.1 Å². The van der Waals surface area contributed by atoms with Crippen LogP contribution in [0.5, 0.6) is 5.75 Å². The third kappa shape index (κ3) is 4.12. The second-order valence-corrected chi connectivity index (χ2v) is 4.62. The molecule has 1 aliphatic heterocycles. The molecule has 1 fully saturated rings. The van der Waals surface area contributed by atoms with Gasteiger partial charge in [0, 0.05) is 31.7 Å². The molecule has 0 amide bonds. The van der Waals surface area contributed by atoms with Crippen molar-refractivity contribution in [1.29, 1.82) is 0 Å². The number of alkyl halides is 2. The van der Waals surface area contributed by atoms with Gasteiger partial charge in [-0.2, -0.15) is 8.78 Å². The highest BCUT2D eigenvalue weighted by atomic mass is 19.3. The van der Waals surface area contributed by atoms with Crippen molar-refractivity contribution < 1.29 is 23.4 Å². The number of para-hydroxylation sites is 1. The molecule has 0 saturated carbocycles. The van der Waals surface area contributed by atoms with Crippen LogP contribution in [0.15, 0.2) is 24.3 Å². The first-order valence-electron chi connectivity index (χ1n) is 6.13. The number of aliphatic hydroxyl groups is 1. The summed E-state index contributed by atoms with van der Waals surface area (Å²) in [6.07, 6.45) is 0.579. The van der Waals surface area contributed by atoms with Gasteiger partial charge in [0.15, 0.2) is 0 Å². The molecule has 4 nitrogen and oxygen atoms in total. The van der Waals surface area contributed by atoms with Crippen molar-refractivity contribution in [2.24, 2.45) is 0 Å². The van der Waals surface area contributed by atoms with Crippen LogP contribution in [0, 0.1) is 0 Å². The molecule has 2 N–H and O–H groups in total. The third-order valence-corrected chi connectivity index (χ3v) is 3.04. The smallest absolute Gasteiger partial charge is 0.387 e. The van der Waals surface area contributed by atoms with Gasteiger partial charge in [-0.15, -0.1) is 0 Å². The Bertz CT molecular complexity index is 409. The number of rotatable bonds is 6. The molecule has 1 aromatic rings. The molecular weight excluding hydrogens is 256 g/mol. The second kappa shape index (κ2) is 6.27. The fraction of sp³-hybridized carbons (Fsp3) is 0.538. The lowest BCUT2D eigenvalue weighted by Crippen LogP contribution is -2.40. The summed E-state index contributed by atoms with van der Waals surface area (Å²) in [4.78, 5) is 0. The van der Waals surface area contributed by atoms with Gasteiger partial charge in [-0.05, 0) is 6.07 Å². The Hall–Kier alpha value is -1.24. The molecule has 2 rings (SSSR count). The van der Waals surface area contributed by atoms with E-state index in [2.05, 4.69) is 10.1 Å². The Balaban J connectivity index is 1.88. The normalized spacial score (nSPS) is 22.9. The molecule has 1 atom stereocenters. The Morgan fingerprint density at radius 2 is 2.21 bits per heavy atom. The quantitative estimate of drug-likeness (QED) is 0.825. The molecule has 1 heterocycles. The first-order chi connectivity index (χ1) is 9.09. The molecule has 19 heavy (non-hydrogen) atoms. The molecule has 1 aromatic carbocycles. The zero-order valence-electron chi connectivity index (χ0n) is 10.4. The maximum Gasteiger partial charge on any atom is 0.387 e. The Morgan fingerprint density at radius 1 is 1.42 bits per heavy atom. The number of hydrogen-bond donors (Lipinski definition) is 2. The van der Waals surface area contributed by atoms with Crippen LogP contribution in [-0.2, 0) is 11.3 Å². The predicted molar refractivity (Wildman–Crippen MR) is 65.2 cm³/mol. The van der Waals surface area contributed by atoms with E-state index in [1.807, 2.05) is 0 Å². The largest absolute Gasteiger partial charge is 0.434 e. The van der Waals surface area contributed by atoms with Crippen LogP contribution in [0.2, 0.25) is 0 Å². The number of nitrogens with one attached hydrogen (secondary N) is 1. The second-order valence-electron chi connectivity index (χ2n) is 4.62. The molecule has 1 unspecified atom stereocenters. The lowest BCUT2D eigenvalue weighted by molar-refractivity contribution is -0.0505. The molecule has 0 aliphatic carbocycles. The summed E-state index contributed by atoms with van der Waals surface area (Å²) in [5.41, 5.74) is -0.233. The Labute approximate surface area is 110 Å². The van der Waals surface area contributed by atoms with E-state index >= 15 is 0 Å². The van der Waals surface area contributed by atoms with Gasteiger partial charge in [0.1, 0.15) is 11.4 Å². The summed E-state index contributed by atoms with van der Waals surface area (Å²) in [5, 5.41) is 13.1. The lowest BCUT2D eigenvalue weighted by atomic mass is 10.0. The summed E-state index contributed by atoms with van der Waals surface area (Å²) in [7, 11) is 0. The minimum atomic E-state index is -2.84. The van der Waals surface area contributed by atoms with Crippen LogP contribution in [0.25, 0.3) is 0 Å². The summed E-state index contributed by atoms with van der Waals surface area (Å²) in [6, 6.07) is 6.60. The van der Waals surface area contributed by atoms with Crippen molar-refractivity contribution in [2.45, 2.75) is 25.2 Å². The minimum Gasteiger partial charge on any atom is -0.434 e. The van der Waals surface area contributed by atoms with Gasteiger partial charge in [0.05, 0.1) is 6.61 Å². The zero-order chi connectivity index (χ0) is 13.7. The van der Waals surface area contributed by atoms with Crippen molar-refractivity contribution in [2.75, 3.05) is 19.8 Å². The first-order valence-corrected chi connectivity index (χ1v) is 6.13. The number of ether oxygens (including phenoxy) is 2. The van der Waals surface area contributed by atoms with E-state index in [0.29, 0.717) is 38.3 Å². The molecule has 1 aliphatic rings. The summed E-state index contributed by atoms with van der Waals surface area (Å²) in [5.74, 6) is 0.152. The predicted octanol–water partition coefficient (Wildman–Crippen LogP) is 1.53. The van der Waals surface area contributed by atoms with E-state index in [1.165, 1.54) is 6.07 Å². The van der Waals surface area contributed by atoms with E-state index in [1.54, 1.807) is 18.2 Å². The van der Waals surface area contributed by atoms with Crippen LogP contribution < -0.4 is 10.1 Å². The highest BCUT2D eigenvalue weighted by Crippen LogP contribution is 2.21. The van der Waals surface area contributed by atoms with Crippen molar-refractivity contribution in [3.63, 3.8) is 0 Å². The third-order valence-electron chi connectivity index (χ3n) is 3.04. The zero-order valence-corrected chi connectivity index (χ0v) is 10.4. The minimum absolute atomic E-state index is 0.152. The van der Waals surface area contributed by atoms with Crippen molar-refractivity contribution >= 4 is 0 Å². The average molecular weight is 273 g/mol. The summed E-state index contributed by atoms with van der Waals surface area (Å²) >= 11 is 0. The van der Waals surface area contributed by atoms with Gasteiger partial charge < -0.3 is 19.9 Å². The molecular formula is C13H17F2NO3. The van der Waals surface area contributed by atoms with Crippen molar-refractivity contribution in [3.05, 3.63) is 29.8 Å². The average Bonchev–Trinajstić information content (AvgIpc) is 2.78. The van der Waals surface area contributed by atoms with Gasteiger partial charge in [-0.25, -0.2) is 0 Å². The highest BCUT2D eigenvalue weighted by molar-refractivity contribution is 5.33. The van der Waals surface area contributed by atoms with Crippen molar-refractivity contribution in [1.82, 2.24) is 5.32 Å².